The van der Waals surface area contributed by atoms with Crippen LogP contribution in [0.4, 0.5) is 15.8 Å². The van der Waals surface area contributed by atoms with Gasteiger partial charge < -0.3 is 9.88 Å². The molecule has 31 heavy (non-hydrogen) atoms. The molecule has 5 nitrogen and oxygen atoms in total. The third-order valence-corrected chi connectivity index (χ3v) is 5.54. The van der Waals surface area contributed by atoms with E-state index in [4.69, 9.17) is 4.98 Å². The first-order valence-corrected chi connectivity index (χ1v) is 10.1. The van der Waals surface area contributed by atoms with E-state index in [2.05, 4.69) is 35.5 Å². The van der Waals surface area contributed by atoms with Gasteiger partial charge in [0.15, 0.2) is 0 Å². The Labute approximate surface area is 179 Å². The topological polar surface area (TPSA) is 47.7 Å². The number of aromatic nitrogens is 4. The minimum absolute atomic E-state index is 0.255. The van der Waals surface area contributed by atoms with E-state index in [9.17, 15) is 4.39 Å². The normalized spacial score (nSPS) is 11.2. The zero-order chi connectivity index (χ0) is 21.5. The molecule has 5 aromatic rings. The molecule has 2 aromatic heterocycles. The minimum Gasteiger partial charge on any atom is -0.354 e. The van der Waals surface area contributed by atoms with Gasteiger partial charge in [-0.15, -0.1) is 0 Å². The summed E-state index contributed by atoms with van der Waals surface area (Å²) in [5, 5.41) is 7.78. The maximum Gasteiger partial charge on any atom is 0.140 e. The maximum atomic E-state index is 13.3. The molecule has 1 N–H and O–H groups in total. The number of nitrogens with zero attached hydrogens (tertiary/aromatic N) is 4. The van der Waals surface area contributed by atoms with E-state index >= 15 is 0 Å². The average molecular weight is 411 g/mol. The van der Waals surface area contributed by atoms with E-state index in [0.29, 0.717) is 0 Å². The third-order valence-electron chi connectivity index (χ3n) is 5.54. The lowest BCUT2D eigenvalue weighted by atomic mass is 10.0. The number of hydrogen-bond acceptors (Lipinski definition) is 3. The van der Waals surface area contributed by atoms with Gasteiger partial charge >= 0.3 is 0 Å². The lowest BCUT2D eigenvalue weighted by Crippen LogP contribution is -1.94. The molecular weight excluding hydrogens is 389 g/mol. The smallest absolute Gasteiger partial charge is 0.140 e. The molecule has 0 aliphatic carbocycles. The number of nitrogens with one attached hydrogen (secondary N) is 1. The van der Waals surface area contributed by atoms with E-state index in [1.54, 1.807) is 16.8 Å². The van der Waals surface area contributed by atoms with Crippen LogP contribution in [0.3, 0.4) is 0 Å². The van der Waals surface area contributed by atoms with Crippen LogP contribution in [0.15, 0.2) is 73.1 Å². The summed E-state index contributed by atoms with van der Waals surface area (Å²) in [7, 11) is 3.90. The molecule has 2 heterocycles. The van der Waals surface area contributed by atoms with Crippen molar-refractivity contribution in [1.82, 2.24) is 19.3 Å². The largest absolute Gasteiger partial charge is 0.354 e. The SMILES string of the molecule is Cc1cc(Nc2cccc3c2nc(-c2ccc(F)cc2)n3C)ccc1-c1cnn(C)c1. The molecule has 3 aromatic carbocycles. The lowest BCUT2D eigenvalue weighted by Gasteiger charge is -2.10. The molecule has 0 atom stereocenters. The summed E-state index contributed by atoms with van der Waals surface area (Å²) < 4.78 is 17.2. The van der Waals surface area contributed by atoms with Crippen LogP contribution < -0.4 is 5.32 Å². The van der Waals surface area contributed by atoms with E-state index < -0.39 is 0 Å². The second kappa shape index (κ2) is 7.40. The Morgan fingerprint density at radius 1 is 0.935 bits per heavy atom. The first-order chi connectivity index (χ1) is 15.0. The second-order valence-electron chi connectivity index (χ2n) is 7.73. The molecule has 154 valence electrons. The van der Waals surface area contributed by atoms with E-state index in [0.717, 1.165) is 50.5 Å². The number of imidazole rings is 1. The zero-order valence-corrected chi connectivity index (χ0v) is 17.6. The van der Waals surface area contributed by atoms with E-state index in [1.165, 1.54) is 12.1 Å². The molecule has 0 aliphatic rings. The number of anilines is 2. The van der Waals surface area contributed by atoms with Crippen molar-refractivity contribution in [2.24, 2.45) is 14.1 Å². The summed E-state index contributed by atoms with van der Waals surface area (Å²) in [6.07, 6.45) is 3.89. The second-order valence-corrected chi connectivity index (χ2v) is 7.73. The summed E-state index contributed by atoms with van der Waals surface area (Å²) in [6, 6.07) is 18.8. The molecule has 0 spiro atoms. The Morgan fingerprint density at radius 2 is 1.74 bits per heavy atom. The Balaban J connectivity index is 1.51. The van der Waals surface area contributed by atoms with E-state index in [1.807, 2.05) is 49.3 Å². The van der Waals surface area contributed by atoms with Crippen molar-refractivity contribution in [2.75, 3.05) is 5.32 Å². The number of aryl methyl sites for hydroxylation is 3. The average Bonchev–Trinajstić information content (AvgIpc) is 3.33. The molecule has 0 bridgehead atoms. The molecule has 0 saturated heterocycles. The van der Waals surface area contributed by atoms with Crippen LogP contribution in [0.2, 0.25) is 0 Å². The van der Waals surface area contributed by atoms with Crippen LogP contribution in [0.1, 0.15) is 5.56 Å². The zero-order valence-electron chi connectivity index (χ0n) is 17.6. The van der Waals surface area contributed by atoms with Crippen molar-refractivity contribution in [2.45, 2.75) is 6.92 Å². The number of hydrogen-bond donors (Lipinski definition) is 1. The predicted octanol–water partition coefficient (Wildman–Crippen LogP) is 5.83. The van der Waals surface area contributed by atoms with Crippen molar-refractivity contribution in [3.05, 3.63) is 84.4 Å². The van der Waals surface area contributed by atoms with Crippen LogP contribution in [0.5, 0.6) is 0 Å². The van der Waals surface area contributed by atoms with Crippen molar-refractivity contribution >= 4 is 22.4 Å². The first kappa shape index (κ1) is 19.1. The van der Waals surface area contributed by atoms with Gasteiger partial charge in [0.25, 0.3) is 0 Å². The fraction of sp³-hybridized carbons (Fsp3) is 0.120. The highest BCUT2D eigenvalue weighted by molar-refractivity contribution is 5.93. The molecule has 5 rings (SSSR count). The standard InChI is InChI=1S/C25H22FN5/c1-16-13-20(11-12-21(16)18-14-27-30(2)15-18)28-22-5-4-6-23-24(22)29-25(31(23)3)17-7-9-19(26)10-8-17/h4-15,28H,1-3H3. The number of rotatable bonds is 4. The lowest BCUT2D eigenvalue weighted by molar-refractivity contribution is 0.628. The number of halogens is 1. The predicted molar refractivity (Wildman–Crippen MR) is 123 cm³/mol. The molecule has 0 saturated carbocycles. The van der Waals surface area contributed by atoms with Crippen LogP contribution in [-0.4, -0.2) is 19.3 Å². The summed E-state index contributed by atoms with van der Waals surface area (Å²) >= 11 is 0. The molecule has 0 amide bonds. The third kappa shape index (κ3) is 3.46. The summed E-state index contributed by atoms with van der Waals surface area (Å²) in [5.74, 6) is 0.544. The first-order valence-electron chi connectivity index (χ1n) is 10.1. The van der Waals surface area contributed by atoms with Crippen molar-refractivity contribution in [1.29, 1.82) is 0 Å². The fourth-order valence-electron chi connectivity index (χ4n) is 3.95. The number of fused-ring (bicyclic) bond motifs is 1. The molecule has 6 heteroatoms. The van der Waals surface area contributed by atoms with Crippen LogP contribution in [0.25, 0.3) is 33.5 Å². The minimum atomic E-state index is -0.255. The van der Waals surface area contributed by atoms with Crippen molar-refractivity contribution in [3.63, 3.8) is 0 Å². The Morgan fingerprint density at radius 3 is 2.45 bits per heavy atom. The molecular formula is C25H22FN5. The summed E-state index contributed by atoms with van der Waals surface area (Å²) in [5.41, 5.74) is 8.10. The van der Waals surface area contributed by atoms with Gasteiger partial charge in [-0.25, -0.2) is 9.37 Å². The Hall–Kier alpha value is -3.93. The highest BCUT2D eigenvalue weighted by Gasteiger charge is 2.13. The van der Waals surface area contributed by atoms with Gasteiger partial charge in [0.05, 0.1) is 17.4 Å². The number of benzene rings is 3. The van der Waals surface area contributed by atoms with Gasteiger partial charge in [-0.1, -0.05) is 12.1 Å². The molecule has 0 aliphatic heterocycles. The quantitative estimate of drug-likeness (QED) is 0.405. The molecule has 0 radical (unpaired) electrons. The Kier molecular flexibility index (Phi) is 4.55. The monoisotopic (exact) mass is 411 g/mol. The fourth-order valence-corrected chi connectivity index (χ4v) is 3.95. The highest BCUT2D eigenvalue weighted by Crippen LogP contribution is 2.32. The summed E-state index contributed by atoms with van der Waals surface area (Å²) in [4.78, 5) is 4.87. The van der Waals surface area contributed by atoms with Gasteiger partial charge in [0.2, 0.25) is 0 Å². The van der Waals surface area contributed by atoms with E-state index in [-0.39, 0.29) is 5.82 Å². The van der Waals surface area contributed by atoms with Gasteiger partial charge in [-0.2, -0.15) is 5.10 Å². The summed E-state index contributed by atoms with van der Waals surface area (Å²) in [6.45, 7) is 2.10. The molecule has 0 fully saturated rings. The van der Waals surface area contributed by atoms with Gasteiger partial charge in [0.1, 0.15) is 17.2 Å². The van der Waals surface area contributed by atoms with Gasteiger partial charge in [-0.05, 0) is 66.6 Å². The Bertz CT molecular complexity index is 1400. The maximum absolute atomic E-state index is 13.3. The van der Waals surface area contributed by atoms with Crippen molar-refractivity contribution in [3.8, 4) is 22.5 Å². The van der Waals surface area contributed by atoms with Crippen LogP contribution in [-0.2, 0) is 14.1 Å². The van der Waals surface area contributed by atoms with Gasteiger partial charge in [-0.3, -0.25) is 4.68 Å². The van der Waals surface area contributed by atoms with Crippen molar-refractivity contribution < 1.29 is 4.39 Å². The molecule has 0 unspecified atom stereocenters. The van der Waals surface area contributed by atoms with Gasteiger partial charge in [0, 0.05) is 37.1 Å². The highest BCUT2D eigenvalue weighted by atomic mass is 19.1. The number of para-hydroxylation sites is 1. The van der Waals surface area contributed by atoms with Crippen LogP contribution in [0, 0.1) is 12.7 Å². The van der Waals surface area contributed by atoms with Crippen LogP contribution >= 0.6 is 0 Å².